The molecule has 110 valence electrons. The number of hydrogen-bond acceptors (Lipinski definition) is 5. The fourth-order valence-corrected chi connectivity index (χ4v) is 2.96. The number of aryl methyl sites for hydroxylation is 1. The smallest absolute Gasteiger partial charge is 0.225 e. The van der Waals surface area contributed by atoms with Gasteiger partial charge < -0.3 is 16.4 Å². The molecular weight excluding hydrogens is 278 g/mol. The first-order chi connectivity index (χ1) is 9.39. The lowest BCUT2D eigenvalue weighted by Gasteiger charge is -2.41. The molecule has 0 aromatic carbocycles. The van der Waals surface area contributed by atoms with Crippen LogP contribution in [0.1, 0.15) is 31.9 Å². The van der Waals surface area contributed by atoms with Crippen LogP contribution in [0, 0.1) is 12.3 Å². The molecule has 0 saturated carbocycles. The lowest BCUT2D eigenvalue weighted by Crippen LogP contribution is -2.50. The summed E-state index contributed by atoms with van der Waals surface area (Å²) in [5.41, 5.74) is 11.4. The lowest BCUT2D eigenvalue weighted by atomic mass is 9.77. The molecule has 6 nitrogen and oxygen atoms in total. The van der Waals surface area contributed by atoms with Crippen molar-refractivity contribution >= 4 is 29.3 Å². The number of aromatic nitrogens is 2. The van der Waals surface area contributed by atoms with E-state index in [1.807, 2.05) is 11.8 Å². The van der Waals surface area contributed by atoms with Crippen LogP contribution >= 0.6 is 11.6 Å². The van der Waals surface area contributed by atoms with Crippen molar-refractivity contribution in [2.75, 3.05) is 23.7 Å². The van der Waals surface area contributed by atoms with Gasteiger partial charge in [0, 0.05) is 13.1 Å². The maximum Gasteiger partial charge on any atom is 0.225 e. The quantitative estimate of drug-likeness (QED) is 0.881. The summed E-state index contributed by atoms with van der Waals surface area (Å²) in [5.74, 6) is 0.517. The summed E-state index contributed by atoms with van der Waals surface area (Å²) >= 11 is 6.28. The molecular formula is C13H20ClN5O. The van der Waals surface area contributed by atoms with Crippen LogP contribution < -0.4 is 16.4 Å². The van der Waals surface area contributed by atoms with Crippen molar-refractivity contribution in [3.63, 3.8) is 0 Å². The third-order valence-corrected chi connectivity index (χ3v) is 4.54. The number of halogens is 1. The van der Waals surface area contributed by atoms with Gasteiger partial charge in [-0.15, -0.1) is 0 Å². The molecule has 1 aromatic heterocycles. The van der Waals surface area contributed by atoms with E-state index in [0.29, 0.717) is 29.5 Å². The second kappa shape index (κ2) is 5.44. The maximum absolute atomic E-state index is 11.8. The van der Waals surface area contributed by atoms with Crippen molar-refractivity contribution in [2.24, 2.45) is 11.1 Å². The summed E-state index contributed by atoms with van der Waals surface area (Å²) in [6.07, 6.45) is 2.37. The Morgan fingerprint density at radius 3 is 2.80 bits per heavy atom. The normalized spacial score (nSPS) is 22.9. The molecule has 1 fully saturated rings. The van der Waals surface area contributed by atoms with Crippen molar-refractivity contribution < 1.29 is 4.79 Å². The van der Waals surface area contributed by atoms with E-state index >= 15 is 0 Å². The largest absolute Gasteiger partial charge is 0.369 e. The number of carbonyl (C=O) groups excluding carboxylic acids is 1. The van der Waals surface area contributed by atoms with Gasteiger partial charge in [0.1, 0.15) is 5.02 Å². The third kappa shape index (κ3) is 2.52. The minimum atomic E-state index is -0.519. The average Bonchev–Trinajstić information content (AvgIpc) is 2.42. The number of primary amides is 1. The Balaban J connectivity index is 2.36. The molecule has 20 heavy (non-hydrogen) atoms. The van der Waals surface area contributed by atoms with Crippen LogP contribution in [0.15, 0.2) is 0 Å². The lowest BCUT2D eigenvalue weighted by molar-refractivity contribution is -0.128. The Kier molecular flexibility index (Phi) is 4.04. The first kappa shape index (κ1) is 14.8. The summed E-state index contributed by atoms with van der Waals surface area (Å²) in [6, 6.07) is 0. The topological polar surface area (TPSA) is 98.1 Å². The number of hydrogen-bond donors (Lipinski definition) is 2. The van der Waals surface area contributed by atoms with Crippen molar-refractivity contribution in [1.82, 2.24) is 9.97 Å². The van der Waals surface area contributed by atoms with E-state index in [1.54, 1.807) is 6.92 Å². The van der Waals surface area contributed by atoms with Gasteiger partial charge in [-0.05, 0) is 26.2 Å². The van der Waals surface area contributed by atoms with Crippen LogP contribution in [-0.4, -0.2) is 29.0 Å². The summed E-state index contributed by atoms with van der Waals surface area (Å²) in [7, 11) is 0. The number of nitrogens with zero attached hydrogens (tertiary/aromatic N) is 3. The highest BCUT2D eigenvalue weighted by atomic mass is 35.5. The highest BCUT2D eigenvalue weighted by molar-refractivity contribution is 6.33. The minimum Gasteiger partial charge on any atom is -0.369 e. The standard InChI is InChI=1S/C13H20ClN5O/c1-3-13(11(15)20)5-4-6-19(7-13)10-9(14)8(2)17-12(16)18-10/h3-7H2,1-2H3,(H2,15,20)(H2,16,17,18). The second-order valence-electron chi connectivity index (χ2n) is 5.33. The molecule has 2 rings (SSSR count). The van der Waals surface area contributed by atoms with Gasteiger partial charge in [-0.25, -0.2) is 4.98 Å². The average molecular weight is 298 g/mol. The van der Waals surface area contributed by atoms with Crippen LogP contribution in [0.2, 0.25) is 5.02 Å². The Bertz CT molecular complexity index is 536. The summed E-state index contributed by atoms with van der Waals surface area (Å²) in [5, 5.41) is 0.482. The summed E-state index contributed by atoms with van der Waals surface area (Å²) in [6.45, 7) is 5.07. The number of nitrogen functional groups attached to an aromatic ring is 1. The Morgan fingerprint density at radius 2 is 2.20 bits per heavy atom. The van der Waals surface area contributed by atoms with Crippen molar-refractivity contribution in [1.29, 1.82) is 0 Å². The van der Waals surface area contributed by atoms with Crippen molar-refractivity contribution in [2.45, 2.75) is 33.1 Å². The van der Waals surface area contributed by atoms with Crippen molar-refractivity contribution in [3.05, 3.63) is 10.7 Å². The first-order valence-corrected chi connectivity index (χ1v) is 7.12. The van der Waals surface area contributed by atoms with Gasteiger partial charge >= 0.3 is 0 Å². The van der Waals surface area contributed by atoms with Gasteiger partial charge in [0.2, 0.25) is 11.9 Å². The fourth-order valence-electron chi connectivity index (χ4n) is 2.75. The van der Waals surface area contributed by atoms with E-state index < -0.39 is 5.41 Å². The van der Waals surface area contributed by atoms with Crippen LogP contribution in [0.25, 0.3) is 0 Å². The van der Waals surface area contributed by atoms with Gasteiger partial charge in [-0.1, -0.05) is 18.5 Å². The molecule has 0 bridgehead atoms. The minimum absolute atomic E-state index is 0.189. The van der Waals surface area contributed by atoms with Gasteiger partial charge in [0.25, 0.3) is 0 Å². The molecule has 1 aliphatic heterocycles. The highest BCUT2D eigenvalue weighted by Crippen LogP contribution is 2.37. The summed E-state index contributed by atoms with van der Waals surface area (Å²) < 4.78 is 0. The molecule has 0 aliphatic carbocycles. The zero-order valence-electron chi connectivity index (χ0n) is 11.8. The number of rotatable bonds is 3. The number of anilines is 2. The molecule has 1 aliphatic rings. The zero-order valence-corrected chi connectivity index (χ0v) is 12.6. The molecule has 4 N–H and O–H groups in total. The Hall–Kier alpha value is -1.56. The monoisotopic (exact) mass is 297 g/mol. The molecule has 1 unspecified atom stereocenters. The van der Waals surface area contributed by atoms with Gasteiger partial charge in [0.15, 0.2) is 5.82 Å². The molecule has 1 amide bonds. The van der Waals surface area contributed by atoms with Gasteiger partial charge in [-0.2, -0.15) is 4.98 Å². The Morgan fingerprint density at radius 1 is 1.50 bits per heavy atom. The SMILES string of the molecule is CCC1(C(N)=O)CCCN(c2nc(N)nc(C)c2Cl)C1. The zero-order chi connectivity index (χ0) is 14.9. The molecule has 1 atom stereocenters. The van der Waals surface area contributed by atoms with E-state index in [9.17, 15) is 4.79 Å². The predicted octanol–water partition coefficient (Wildman–Crippen LogP) is 1.50. The van der Waals surface area contributed by atoms with E-state index in [4.69, 9.17) is 23.1 Å². The van der Waals surface area contributed by atoms with Gasteiger partial charge in [0.05, 0.1) is 11.1 Å². The van der Waals surface area contributed by atoms with Crippen molar-refractivity contribution in [3.8, 4) is 0 Å². The van der Waals surface area contributed by atoms with E-state index in [1.165, 1.54) is 0 Å². The molecule has 0 radical (unpaired) electrons. The number of carbonyl (C=O) groups is 1. The van der Waals surface area contributed by atoms with Gasteiger partial charge in [-0.3, -0.25) is 4.79 Å². The van der Waals surface area contributed by atoms with E-state index in [0.717, 1.165) is 19.4 Å². The number of amides is 1. The maximum atomic E-state index is 11.8. The summed E-state index contributed by atoms with van der Waals surface area (Å²) in [4.78, 5) is 22.1. The van der Waals surface area contributed by atoms with E-state index in [2.05, 4.69) is 9.97 Å². The van der Waals surface area contributed by atoms with Crippen LogP contribution in [-0.2, 0) is 4.79 Å². The van der Waals surface area contributed by atoms with Crippen LogP contribution in [0.4, 0.5) is 11.8 Å². The molecule has 1 saturated heterocycles. The predicted molar refractivity (Wildman–Crippen MR) is 79.6 cm³/mol. The molecule has 7 heteroatoms. The Labute approximate surface area is 123 Å². The highest BCUT2D eigenvalue weighted by Gasteiger charge is 2.40. The van der Waals surface area contributed by atoms with Crippen LogP contribution in [0.5, 0.6) is 0 Å². The second-order valence-corrected chi connectivity index (χ2v) is 5.71. The molecule has 1 aromatic rings. The molecule has 2 heterocycles. The fraction of sp³-hybridized carbons (Fsp3) is 0.615. The number of nitrogens with two attached hydrogens (primary N) is 2. The number of piperidine rings is 1. The molecule has 0 spiro atoms. The van der Waals surface area contributed by atoms with E-state index in [-0.39, 0.29) is 11.9 Å². The third-order valence-electron chi connectivity index (χ3n) is 4.09. The first-order valence-electron chi connectivity index (χ1n) is 6.74. The van der Waals surface area contributed by atoms with Crippen LogP contribution in [0.3, 0.4) is 0 Å².